The van der Waals surface area contributed by atoms with Gasteiger partial charge < -0.3 is 14.9 Å². The highest BCUT2D eigenvalue weighted by molar-refractivity contribution is 6.46. The summed E-state index contributed by atoms with van der Waals surface area (Å²) in [4.78, 5) is 30.7. The molecular weight excluding hydrogens is 440 g/mol. The van der Waals surface area contributed by atoms with Crippen LogP contribution >= 0.6 is 0 Å². The number of carbonyl (C=O) groups excluding carboxylic acids is 2. The lowest BCUT2D eigenvalue weighted by molar-refractivity contribution is -0.140. The quantitative estimate of drug-likeness (QED) is 0.395. The van der Waals surface area contributed by atoms with E-state index in [1.807, 2.05) is 26.0 Å². The van der Waals surface area contributed by atoms with Crippen molar-refractivity contribution in [3.63, 3.8) is 0 Å². The van der Waals surface area contributed by atoms with Crippen molar-refractivity contribution in [2.75, 3.05) is 26.2 Å². The van der Waals surface area contributed by atoms with E-state index < -0.39 is 17.7 Å². The number of benzene rings is 1. The molecule has 35 heavy (non-hydrogen) atoms. The molecule has 0 radical (unpaired) electrons. The van der Waals surface area contributed by atoms with Gasteiger partial charge in [-0.25, -0.2) is 0 Å². The van der Waals surface area contributed by atoms with Gasteiger partial charge in [0.2, 0.25) is 0 Å². The fourth-order valence-electron chi connectivity index (χ4n) is 5.31. The molecule has 2 aliphatic heterocycles. The van der Waals surface area contributed by atoms with Crippen molar-refractivity contribution in [1.29, 1.82) is 0 Å². The summed E-state index contributed by atoms with van der Waals surface area (Å²) in [5, 5.41) is 15.9. The Bertz CT molecular complexity index is 1150. The molecule has 0 aliphatic carbocycles. The lowest BCUT2D eigenvalue weighted by Crippen LogP contribution is -2.40. The maximum atomic E-state index is 13.4. The van der Waals surface area contributed by atoms with Gasteiger partial charge in [-0.05, 0) is 56.3 Å². The zero-order valence-corrected chi connectivity index (χ0v) is 21.9. The molecule has 0 spiro atoms. The van der Waals surface area contributed by atoms with Crippen LogP contribution in [-0.4, -0.2) is 62.6 Å². The third-order valence-corrected chi connectivity index (χ3v) is 7.48. The number of carbonyl (C=O) groups is 2. The van der Waals surface area contributed by atoms with Crippen LogP contribution in [0.5, 0.6) is 0 Å². The number of likely N-dealkylation sites (tertiary alicyclic amines) is 2. The van der Waals surface area contributed by atoms with Crippen molar-refractivity contribution in [3.05, 3.63) is 57.9 Å². The monoisotopic (exact) mass is 478 g/mol. The zero-order valence-electron chi connectivity index (χ0n) is 21.9. The molecule has 2 saturated heterocycles. The Morgan fingerprint density at radius 1 is 1.03 bits per heavy atom. The number of nitrogens with zero attached hydrogens (tertiary/aromatic N) is 4. The third kappa shape index (κ3) is 4.79. The minimum Gasteiger partial charge on any atom is -0.507 e. The molecule has 188 valence electrons. The van der Waals surface area contributed by atoms with Gasteiger partial charge in [0.05, 0.1) is 22.9 Å². The van der Waals surface area contributed by atoms with Crippen LogP contribution in [-0.2, 0) is 22.1 Å². The first-order valence-electron chi connectivity index (χ1n) is 12.6. The molecule has 2 fully saturated rings. The molecular formula is C28H38N4O3. The van der Waals surface area contributed by atoms with Crippen molar-refractivity contribution in [1.82, 2.24) is 19.6 Å². The number of piperidine rings is 1. The highest BCUT2D eigenvalue weighted by Gasteiger charge is 2.46. The average molecular weight is 479 g/mol. The highest BCUT2D eigenvalue weighted by Crippen LogP contribution is 2.40. The zero-order chi connectivity index (χ0) is 25.5. The summed E-state index contributed by atoms with van der Waals surface area (Å²) in [5.74, 6) is -1.32. The van der Waals surface area contributed by atoms with Crippen LogP contribution in [0, 0.1) is 13.8 Å². The van der Waals surface area contributed by atoms with Crippen LogP contribution in [0.4, 0.5) is 0 Å². The molecule has 7 nitrogen and oxygen atoms in total. The van der Waals surface area contributed by atoms with E-state index in [0.29, 0.717) is 24.3 Å². The van der Waals surface area contributed by atoms with Gasteiger partial charge in [-0.15, -0.1) is 0 Å². The molecule has 1 amide bonds. The van der Waals surface area contributed by atoms with E-state index in [2.05, 4.69) is 42.9 Å². The number of aliphatic hydroxyl groups excluding tert-OH is 1. The van der Waals surface area contributed by atoms with Gasteiger partial charge >= 0.3 is 0 Å². The second-order valence-electron chi connectivity index (χ2n) is 10.9. The van der Waals surface area contributed by atoms with E-state index in [1.165, 1.54) is 12.0 Å². The Morgan fingerprint density at radius 3 is 2.20 bits per heavy atom. The number of aromatic nitrogens is 2. The summed E-state index contributed by atoms with van der Waals surface area (Å²) < 4.78 is 1.68. The normalized spacial score (nSPS) is 21.2. The summed E-state index contributed by atoms with van der Waals surface area (Å²) >= 11 is 0. The average Bonchev–Trinajstić information content (AvgIpc) is 3.23. The molecule has 1 unspecified atom stereocenters. The van der Waals surface area contributed by atoms with Crippen LogP contribution < -0.4 is 0 Å². The number of aliphatic hydroxyl groups is 1. The number of hydrogen-bond donors (Lipinski definition) is 1. The summed E-state index contributed by atoms with van der Waals surface area (Å²) in [6, 6.07) is 7.46. The number of Topliss-reactive ketones (excluding diaryl/α,β-unsaturated/α-hetero) is 1. The van der Waals surface area contributed by atoms with Gasteiger partial charge in [-0.1, -0.05) is 51.5 Å². The molecule has 4 rings (SSSR count). The maximum Gasteiger partial charge on any atom is 0.295 e. The molecule has 1 N–H and O–H groups in total. The van der Waals surface area contributed by atoms with Crippen LogP contribution in [0.25, 0.3) is 5.76 Å². The smallest absolute Gasteiger partial charge is 0.295 e. The van der Waals surface area contributed by atoms with Gasteiger partial charge in [0.1, 0.15) is 5.76 Å². The van der Waals surface area contributed by atoms with Gasteiger partial charge in [-0.3, -0.25) is 14.3 Å². The number of rotatable bonds is 5. The van der Waals surface area contributed by atoms with Gasteiger partial charge in [0.25, 0.3) is 11.7 Å². The van der Waals surface area contributed by atoms with E-state index in [4.69, 9.17) is 0 Å². The van der Waals surface area contributed by atoms with Crippen molar-refractivity contribution >= 4 is 17.4 Å². The Morgan fingerprint density at radius 2 is 1.66 bits per heavy atom. The summed E-state index contributed by atoms with van der Waals surface area (Å²) in [7, 11) is 1.80. The number of hydrogen-bond acceptors (Lipinski definition) is 5. The minimum atomic E-state index is -0.632. The van der Waals surface area contributed by atoms with E-state index in [0.717, 1.165) is 37.2 Å². The molecule has 1 aromatic carbocycles. The highest BCUT2D eigenvalue weighted by atomic mass is 16.3. The molecule has 0 bridgehead atoms. The molecule has 2 aliphatic rings. The molecule has 0 saturated carbocycles. The summed E-state index contributed by atoms with van der Waals surface area (Å²) in [6.45, 7) is 13.3. The SMILES string of the molecule is Cc1nn(C)c(C)c1/C(O)=C1\C(=O)C(=O)N(CCN2CCCCC2)C1c1ccc(C(C)(C)C)cc1. The second kappa shape index (κ2) is 9.61. The first kappa shape index (κ1) is 25.2. The Hall–Kier alpha value is -2.93. The van der Waals surface area contributed by atoms with E-state index in [9.17, 15) is 14.7 Å². The number of ketones is 1. The number of aryl methyl sites for hydroxylation is 2. The lowest BCUT2D eigenvalue weighted by atomic mass is 9.85. The van der Waals surface area contributed by atoms with E-state index in [-0.39, 0.29) is 16.7 Å². The molecule has 2 aromatic rings. The predicted octanol–water partition coefficient (Wildman–Crippen LogP) is 4.24. The topological polar surface area (TPSA) is 78.7 Å². The van der Waals surface area contributed by atoms with Crippen LogP contribution in [0.15, 0.2) is 29.8 Å². The van der Waals surface area contributed by atoms with Crippen LogP contribution in [0.3, 0.4) is 0 Å². The molecule has 1 aromatic heterocycles. The lowest BCUT2D eigenvalue weighted by Gasteiger charge is -2.31. The third-order valence-electron chi connectivity index (χ3n) is 7.48. The van der Waals surface area contributed by atoms with Crippen molar-refractivity contribution in [2.24, 2.45) is 7.05 Å². The van der Waals surface area contributed by atoms with E-state index in [1.54, 1.807) is 16.6 Å². The Labute approximate surface area is 208 Å². The fraction of sp³-hybridized carbons (Fsp3) is 0.536. The van der Waals surface area contributed by atoms with Crippen molar-refractivity contribution < 1.29 is 14.7 Å². The van der Waals surface area contributed by atoms with Gasteiger partial charge in [0, 0.05) is 25.8 Å². The Balaban J connectivity index is 1.79. The first-order chi connectivity index (χ1) is 16.5. The summed E-state index contributed by atoms with van der Waals surface area (Å²) in [5.41, 5.74) is 4.04. The fourth-order valence-corrected chi connectivity index (χ4v) is 5.31. The summed E-state index contributed by atoms with van der Waals surface area (Å²) in [6.07, 6.45) is 3.57. The number of amides is 1. The molecule has 1 atom stereocenters. The standard InChI is InChI=1S/C28H38N4O3/c1-18-22(19(2)30(6)29-18)25(33)23-24(20-10-12-21(13-11-20)28(3,4)5)32(27(35)26(23)34)17-16-31-14-8-7-9-15-31/h10-13,24,33H,7-9,14-17H2,1-6H3/b25-23+. The molecule has 3 heterocycles. The van der Waals surface area contributed by atoms with Crippen LogP contribution in [0.2, 0.25) is 0 Å². The van der Waals surface area contributed by atoms with Gasteiger partial charge in [0.15, 0.2) is 0 Å². The molecule has 7 heteroatoms. The predicted molar refractivity (Wildman–Crippen MR) is 137 cm³/mol. The van der Waals surface area contributed by atoms with Crippen molar-refractivity contribution in [2.45, 2.75) is 65.3 Å². The Kier molecular flexibility index (Phi) is 6.91. The van der Waals surface area contributed by atoms with Crippen LogP contribution in [0.1, 0.15) is 74.2 Å². The second-order valence-corrected chi connectivity index (χ2v) is 10.9. The van der Waals surface area contributed by atoms with Crippen molar-refractivity contribution in [3.8, 4) is 0 Å². The van der Waals surface area contributed by atoms with Gasteiger partial charge in [-0.2, -0.15) is 5.10 Å². The van der Waals surface area contributed by atoms with E-state index >= 15 is 0 Å². The minimum absolute atomic E-state index is 0.0153. The largest absolute Gasteiger partial charge is 0.507 e. The first-order valence-corrected chi connectivity index (χ1v) is 12.6. The maximum absolute atomic E-state index is 13.4.